The van der Waals surface area contributed by atoms with Gasteiger partial charge in [-0.25, -0.2) is 0 Å². The lowest BCUT2D eigenvalue weighted by Gasteiger charge is -2.27. The number of nitrogens with one attached hydrogen (secondary N) is 1. The molecule has 18 heavy (non-hydrogen) atoms. The van der Waals surface area contributed by atoms with Gasteiger partial charge in [0.05, 0.1) is 0 Å². The van der Waals surface area contributed by atoms with Crippen LogP contribution < -0.4 is 10.1 Å². The highest BCUT2D eigenvalue weighted by Crippen LogP contribution is 2.24. The van der Waals surface area contributed by atoms with E-state index in [2.05, 4.69) is 35.3 Å². The van der Waals surface area contributed by atoms with Gasteiger partial charge in [-0.1, -0.05) is 18.2 Å². The monoisotopic (exact) mass is 248 g/mol. The maximum Gasteiger partial charge on any atom is 0.123 e. The van der Waals surface area contributed by atoms with Crippen LogP contribution in [-0.4, -0.2) is 37.7 Å². The molecule has 1 unspecified atom stereocenters. The van der Waals surface area contributed by atoms with Gasteiger partial charge in [-0.15, -0.1) is 0 Å². The number of hydrogen-bond acceptors (Lipinski definition) is 3. The third-order valence-electron chi connectivity index (χ3n) is 3.65. The third-order valence-corrected chi connectivity index (χ3v) is 3.65. The van der Waals surface area contributed by atoms with Crippen LogP contribution in [0.5, 0.6) is 5.75 Å². The zero-order valence-corrected chi connectivity index (χ0v) is 11.5. The highest BCUT2D eigenvalue weighted by Gasteiger charge is 2.18. The summed E-state index contributed by atoms with van der Waals surface area (Å²) in [6.45, 7) is 6.26. The van der Waals surface area contributed by atoms with E-state index in [9.17, 15) is 0 Å². The van der Waals surface area contributed by atoms with E-state index in [1.807, 2.05) is 13.1 Å². The van der Waals surface area contributed by atoms with Gasteiger partial charge >= 0.3 is 0 Å². The Hall–Kier alpha value is -1.06. The predicted molar refractivity (Wildman–Crippen MR) is 75.0 cm³/mol. The van der Waals surface area contributed by atoms with Gasteiger partial charge in [-0.2, -0.15) is 0 Å². The molecule has 0 saturated carbocycles. The van der Waals surface area contributed by atoms with E-state index in [1.165, 1.54) is 18.4 Å². The molecular formula is C15H24N2O. The van der Waals surface area contributed by atoms with E-state index in [-0.39, 0.29) is 0 Å². The molecule has 100 valence electrons. The molecule has 0 aliphatic carbocycles. The van der Waals surface area contributed by atoms with Gasteiger partial charge < -0.3 is 10.1 Å². The van der Waals surface area contributed by atoms with Crippen molar-refractivity contribution < 1.29 is 4.74 Å². The quantitative estimate of drug-likeness (QED) is 0.809. The minimum atomic E-state index is 0.619. The van der Waals surface area contributed by atoms with Crippen LogP contribution in [0.25, 0.3) is 0 Å². The smallest absolute Gasteiger partial charge is 0.123 e. The summed E-state index contributed by atoms with van der Waals surface area (Å²) in [5.74, 6) is 1.06. The molecule has 1 aromatic rings. The molecule has 1 heterocycles. The molecule has 0 spiro atoms. The first-order valence-electron chi connectivity index (χ1n) is 6.90. The van der Waals surface area contributed by atoms with Crippen LogP contribution in [0.1, 0.15) is 25.3 Å². The predicted octanol–water partition coefficient (Wildman–Crippen LogP) is 2.27. The average Bonchev–Trinajstić information content (AvgIpc) is 2.61. The lowest BCUT2D eigenvalue weighted by atomic mass is 10.1. The molecule has 1 aromatic carbocycles. The van der Waals surface area contributed by atoms with Crippen molar-refractivity contribution in [3.8, 4) is 5.75 Å². The Balaban J connectivity index is 1.94. The summed E-state index contributed by atoms with van der Waals surface area (Å²) < 4.78 is 5.80. The second-order valence-electron chi connectivity index (χ2n) is 5.02. The van der Waals surface area contributed by atoms with E-state index >= 15 is 0 Å². The number of para-hydroxylation sites is 1. The minimum Gasteiger partial charge on any atom is -0.492 e. The Morgan fingerprint density at radius 2 is 2.22 bits per heavy atom. The van der Waals surface area contributed by atoms with Gasteiger partial charge in [0.15, 0.2) is 0 Å². The standard InChI is InChI=1S/C15H24N2O/c1-13(6-5-9-16-2)17-10-11-18-15-8-4-3-7-14(15)12-17/h3-4,7-8,13,16H,5-6,9-12H2,1-2H3. The van der Waals surface area contributed by atoms with Crippen molar-refractivity contribution in [3.63, 3.8) is 0 Å². The van der Waals surface area contributed by atoms with Crippen molar-refractivity contribution >= 4 is 0 Å². The number of rotatable bonds is 5. The number of benzene rings is 1. The molecule has 0 aromatic heterocycles. The highest BCUT2D eigenvalue weighted by atomic mass is 16.5. The fourth-order valence-electron chi connectivity index (χ4n) is 2.48. The van der Waals surface area contributed by atoms with Gasteiger partial charge in [0.25, 0.3) is 0 Å². The number of fused-ring (bicyclic) bond motifs is 1. The van der Waals surface area contributed by atoms with Crippen LogP contribution in [0.4, 0.5) is 0 Å². The molecule has 0 bridgehead atoms. The molecule has 1 N–H and O–H groups in total. The molecule has 1 aliphatic heterocycles. The molecule has 0 fully saturated rings. The van der Waals surface area contributed by atoms with Crippen molar-refractivity contribution in [1.82, 2.24) is 10.2 Å². The Bertz CT molecular complexity index is 367. The maximum atomic E-state index is 5.80. The van der Waals surface area contributed by atoms with Crippen molar-refractivity contribution in [2.45, 2.75) is 32.4 Å². The van der Waals surface area contributed by atoms with E-state index in [0.717, 1.165) is 32.0 Å². The van der Waals surface area contributed by atoms with Gasteiger partial charge in [-0.05, 0) is 39.4 Å². The largest absolute Gasteiger partial charge is 0.492 e. The number of ether oxygens (including phenoxy) is 1. The van der Waals surface area contributed by atoms with E-state index in [1.54, 1.807) is 0 Å². The van der Waals surface area contributed by atoms with Gasteiger partial charge in [0.2, 0.25) is 0 Å². The number of hydrogen-bond donors (Lipinski definition) is 1. The van der Waals surface area contributed by atoms with Crippen molar-refractivity contribution in [2.75, 3.05) is 26.7 Å². The lowest BCUT2D eigenvalue weighted by molar-refractivity contribution is 0.170. The molecule has 0 radical (unpaired) electrons. The molecule has 3 heteroatoms. The Labute approximate surface area is 110 Å². The van der Waals surface area contributed by atoms with Crippen molar-refractivity contribution in [3.05, 3.63) is 29.8 Å². The molecule has 0 saturated heterocycles. The van der Waals surface area contributed by atoms with Crippen LogP contribution in [0, 0.1) is 0 Å². The number of nitrogens with zero attached hydrogens (tertiary/aromatic N) is 1. The zero-order chi connectivity index (χ0) is 12.8. The molecule has 0 amide bonds. The van der Waals surface area contributed by atoms with Crippen LogP contribution >= 0.6 is 0 Å². The highest BCUT2D eigenvalue weighted by molar-refractivity contribution is 5.33. The SMILES string of the molecule is CNCCCC(C)N1CCOc2ccccc2C1. The lowest BCUT2D eigenvalue weighted by Crippen LogP contribution is -2.34. The van der Waals surface area contributed by atoms with Crippen molar-refractivity contribution in [2.24, 2.45) is 0 Å². The minimum absolute atomic E-state index is 0.619. The molecule has 3 nitrogen and oxygen atoms in total. The van der Waals surface area contributed by atoms with Gasteiger partial charge in [0, 0.05) is 24.7 Å². The first kappa shape index (κ1) is 13.4. The first-order valence-corrected chi connectivity index (χ1v) is 6.90. The molecule has 1 atom stereocenters. The summed E-state index contributed by atoms with van der Waals surface area (Å²) in [6, 6.07) is 9.01. The van der Waals surface area contributed by atoms with Crippen molar-refractivity contribution in [1.29, 1.82) is 0 Å². The summed E-state index contributed by atoms with van der Waals surface area (Å²) in [5, 5.41) is 3.21. The van der Waals surface area contributed by atoms with E-state index in [4.69, 9.17) is 4.74 Å². The summed E-state index contributed by atoms with van der Waals surface area (Å²) in [6.07, 6.45) is 2.47. The Morgan fingerprint density at radius 1 is 1.39 bits per heavy atom. The third kappa shape index (κ3) is 3.47. The summed E-state index contributed by atoms with van der Waals surface area (Å²) >= 11 is 0. The van der Waals surface area contributed by atoms with Crippen LogP contribution in [-0.2, 0) is 6.54 Å². The van der Waals surface area contributed by atoms with Gasteiger partial charge in [-0.3, -0.25) is 4.90 Å². The van der Waals surface area contributed by atoms with Gasteiger partial charge in [0.1, 0.15) is 12.4 Å². The summed E-state index contributed by atoms with van der Waals surface area (Å²) in [4.78, 5) is 2.53. The Morgan fingerprint density at radius 3 is 3.06 bits per heavy atom. The van der Waals surface area contributed by atoms with E-state index in [0.29, 0.717) is 6.04 Å². The topological polar surface area (TPSA) is 24.5 Å². The average molecular weight is 248 g/mol. The molecular weight excluding hydrogens is 224 g/mol. The first-order chi connectivity index (χ1) is 8.81. The van der Waals surface area contributed by atoms with Crippen LogP contribution in [0.2, 0.25) is 0 Å². The second-order valence-corrected chi connectivity index (χ2v) is 5.02. The van der Waals surface area contributed by atoms with Crippen LogP contribution in [0.3, 0.4) is 0 Å². The molecule has 2 rings (SSSR count). The maximum absolute atomic E-state index is 5.80. The zero-order valence-electron chi connectivity index (χ0n) is 11.5. The fourth-order valence-corrected chi connectivity index (χ4v) is 2.48. The molecule has 1 aliphatic rings. The Kier molecular flexibility index (Phi) is 5.02. The fraction of sp³-hybridized carbons (Fsp3) is 0.600. The summed E-state index contributed by atoms with van der Waals surface area (Å²) in [5.41, 5.74) is 1.32. The van der Waals surface area contributed by atoms with E-state index < -0.39 is 0 Å². The second kappa shape index (κ2) is 6.76. The van der Waals surface area contributed by atoms with Crippen LogP contribution in [0.15, 0.2) is 24.3 Å². The summed E-state index contributed by atoms with van der Waals surface area (Å²) in [7, 11) is 2.01. The normalized spacial score (nSPS) is 17.7.